The lowest BCUT2D eigenvalue weighted by atomic mass is 9.75. The van der Waals surface area contributed by atoms with Gasteiger partial charge in [-0.2, -0.15) is 0 Å². The van der Waals surface area contributed by atoms with Crippen molar-refractivity contribution in [3.05, 3.63) is 35.4 Å². The zero-order valence-electron chi connectivity index (χ0n) is 17.4. The fourth-order valence-corrected chi connectivity index (χ4v) is 2.32. The van der Waals surface area contributed by atoms with Gasteiger partial charge in [-0.05, 0) is 34.8 Å². The number of rotatable bonds is 7. The van der Waals surface area contributed by atoms with Crippen molar-refractivity contribution in [1.29, 1.82) is 0 Å². The third kappa shape index (κ3) is 10.1. The van der Waals surface area contributed by atoms with Crippen molar-refractivity contribution in [1.82, 2.24) is 0 Å². The smallest absolute Gasteiger partial charge is 0.0822 e. The Kier molecular flexibility index (Phi) is 11.2. The van der Waals surface area contributed by atoms with E-state index in [-0.39, 0.29) is 10.8 Å². The molecule has 0 atom stereocenters. The quantitative estimate of drug-likeness (QED) is 0.309. The molecule has 0 aromatic heterocycles. The fraction of sp³-hybridized carbons (Fsp3) is 0.727. The summed E-state index contributed by atoms with van der Waals surface area (Å²) in [4.78, 5) is 9.75. The molecule has 0 fully saturated rings. The zero-order chi connectivity index (χ0) is 18.6. The Balaban J connectivity index is 0.000000470. The molecule has 0 aliphatic rings. The molecule has 1 aromatic rings. The molecular formula is C22H40O2. The lowest BCUT2D eigenvalue weighted by molar-refractivity contribution is -0.295. The Labute approximate surface area is 150 Å². The second-order valence-electron chi connectivity index (χ2n) is 8.40. The summed E-state index contributed by atoms with van der Waals surface area (Å²) in [5, 5.41) is 0. The first-order chi connectivity index (χ1) is 11.1. The first kappa shape index (κ1) is 23.1. The summed E-state index contributed by atoms with van der Waals surface area (Å²) in [5.41, 5.74) is 3.41. The van der Waals surface area contributed by atoms with Gasteiger partial charge in [0.15, 0.2) is 0 Å². The summed E-state index contributed by atoms with van der Waals surface area (Å²) in [7, 11) is 0. The van der Waals surface area contributed by atoms with Crippen LogP contribution in [-0.4, -0.2) is 13.2 Å². The van der Waals surface area contributed by atoms with Crippen LogP contribution in [0.25, 0.3) is 0 Å². The standard InChI is InChI=1S/C14H22.C8H18O2/c1-13(2,3)11-9-7-8-10-12(11)14(4,5)6;1-3-5-7-9-10-8-6-4-2/h7-10H,1-6H3;3-8H2,1-2H3. The minimum Gasteiger partial charge on any atom is -0.237 e. The van der Waals surface area contributed by atoms with Gasteiger partial charge in [-0.3, -0.25) is 0 Å². The maximum absolute atomic E-state index is 4.88. The van der Waals surface area contributed by atoms with E-state index in [4.69, 9.17) is 9.78 Å². The lowest BCUT2D eigenvalue weighted by Gasteiger charge is -2.29. The lowest BCUT2D eigenvalue weighted by Crippen LogP contribution is -2.21. The van der Waals surface area contributed by atoms with Crippen LogP contribution in [0.5, 0.6) is 0 Å². The van der Waals surface area contributed by atoms with Gasteiger partial charge < -0.3 is 0 Å². The van der Waals surface area contributed by atoms with Crippen molar-refractivity contribution in [2.75, 3.05) is 13.2 Å². The molecule has 0 spiro atoms. The third-order valence-corrected chi connectivity index (χ3v) is 3.79. The Morgan fingerprint density at radius 2 is 1.00 bits per heavy atom. The van der Waals surface area contributed by atoms with E-state index >= 15 is 0 Å². The van der Waals surface area contributed by atoms with Gasteiger partial charge in [-0.25, -0.2) is 9.78 Å². The minimum absolute atomic E-state index is 0.240. The Morgan fingerprint density at radius 3 is 1.25 bits per heavy atom. The molecule has 0 aliphatic heterocycles. The van der Waals surface area contributed by atoms with Gasteiger partial charge in [0.25, 0.3) is 0 Å². The van der Waals surface area contributed by atoms with E-state index < -0.39 is 0 Å². The second kappa shape index (κ2) is 11.7. The maximum atomic E-state index is 4.88. The van der Waals surface area contributed by atoms with Crippen LogP contribution in [-0.2, 0) is 20.6 Å². The molecule has 0 heterocycles. The number of unbranched alkanes of at least 4 members (excludes halogenated alkanes) is 2. The van der Waals surface area contributed by atoms with Crippen molar-refractivity contribution < 1.29 is 9.78 Å². The van der Waals surface area contributed by atoms with Crippen molar-refractivity contribution in [3.8, 4) is 0 Å². The molecule has 2 nitrogen and oxygen atoms in total. The van der Waals surface area contributed by atoms with Gasteiger partial charge in [0, 0.05) is 0 Å². The number of benzene rings is 1. The zero-order valence-corrected chi connectivity index (χ0v) is 17.4. The average Bonchev–Trinajstić information content (AvgIpc) is 2.50. The minimum atomic E-state index is 0.240. The van der Waals surface area contributed by atoms with Gasteiger partial charge in [0.05, 0.1) is 13.2 Å². The fourth-order valence-electron chi connectivity index (χ4n) is 2.32. The molecule has 140 valence electrons. The van der Waals surface area contributed by atoms with E-state index in [9.17, 15) is 0 Å². The highest BCUT2D eigenvalue weighted by Crippen LogP contribution is 2.33. The molecule has 0 saturated heterocycles. The van der Waals surface area contributed by atoms with E-state index in [1.807, 2.05) is 0 Å². The van der Waals surface area contributed by atoms with Crippen LogP contribution in [0, 0.1) is 0 Å². The highest BCUT2D eigenvalue weighted by molar-refractivity contribution is 5.37. The number of hydrogen-bond acceptors (Lipinski definition) is 2. The Morgan fingerprint density at radius 1 is 0.667 bits per heavy atom. The van der Waals surface area contributed by atoms with Crippen molar-refractivity contribution >= 4 is 0 Å². The van der Waals surface area contributed by atoms with Gasteiger partial charge in [0.1, 0.15) is 0 Å². The number of hydrogen-bond donors (Lipinski definition) is 0. The summed E-state index contributed by atoms with van der Waals surface area (Å²) in [5.74, 6) is 0. The third-order valence-electron chi connectivity index (χ3n) is 3.79. The van der Waals surface area contributed by atoms with Gasteiger partial charge in [0.2, 0.25) is 0 Å². The molecule has 0 N–H and O–H groups in total. The molecule has 0 amide bonds. The highest BCUT2D eigenvalue weighted by atomic mass is 17.2. The molecular weight excluding hydrogens is 296 g/mol. The summed E-state index contributed by atoms with van der Waals surface area (Å²) in [6.45, 7) is 19.4. The van der Waals surface area contributed by atoms with Crippen LogP contribution >= 0.6 is 0 Å². The van der Waals surface area contributed by atoms with Crippen molar-refractivity contribution in [2.24, 2.45) is 0 Å². The van der Waals surface area contributed by atoms with E-state index in [1.165, 1.54) is 11.1 Å². The van der Waals surface area contributed by atoms with Crippen LogP contribution in [0.1, 0.15) is 92.2 Å². The molecule has 1 aromatic carbocycles. The van der Waals surface area contributed by atoms with E-state index in [0.717, 1.165) is 38.9 Å². The molecule has 0 aliphatic carbocycles. The van der Waals surface area contributed by atoms with E-state index in [2.05, 4.69) is 79.7 Å². The maximum Gasteiger partial charge on any atom is 0.0822 e. The van der Waals surface area contributed by atoms with Gasteiger partial charge in [-0.15, -0.1) is 0 Å². The van der Waals surface area contributed by atoms with E-state index in [0.29, 0.717) is 0 Å². The molecule has 1 rings (SSSR count). The SMILES string of the molecule is CC(C)(C)c1ccccc1C(C)(C)C.CCCCOOCCCC. The van der Waals surface area contributed by atoms with Gasteiger partial charge >= 0.3 is 0 Å². The van der Waals surface area contributed by atoms with Crippen molar-refractivity contribution in [3.63, 3.8) is 0 Å². The van der Waals surface area contributed by atoms with Crippen molar-refractivity contribution in [2.45, 2.75) is 91.9 Å². The summed E-state index contributed by atoms with van der Waals surface area (Å²) < 4.78 is 0. The molecule has 24 heavy (non-hydrogen) atoms. The van der Waals surface area contributed by atoms with Gasteiger partial charge in [-0.1, -0.05) is 92.5 Å². The van der Waals surface area contributed by atoms with Crippen LogP contribution in [0.3, 0.4) is 0 Å². The summed E-state index contributed by atoms with van der Waals surface area (Å²) >= 11 is 0. The summed E-state index contributed by atoms with van der Waals surface area (Å²) in [6.07, 6.45) is 4.51. The molecule has 0 unspecified atom stereocenters. The van der Waals surface area contributed by atoms with Crippen LogP contribution in [0.4, 0.5) is 0 Å². The molecule has 2 heteroatoms. The van der Waals surface area contributed by atoms with Crippen LogP contribution in [0.2, 0.25) is 0 Å². The van der Waals surface area contributed by atoms with E-state index in [1.54, 1.807) is 0 Å². The summed E-state index contributed by atoms with van der Waals surface area (Å²) in [6, 6.07) is 8.77. The topological polar surface area (TPSA) is 18.5 Å². The second-order valence-corrected chi connectivity index (χ2v) is 8.40. The normalized spacial score (nSPS) is 11.8. The van der Waals surface area contributed by atoms with Crippen LogP contribution in [0.15, 0.2) is 24.3 Å². The average molecular weight is 337 g/mol. The first-order valence-corrected chi connectivity index (χ1v) is 9.49. The molecule has 0 saturated carbocycles. The Bertz CT molecular complexity index is 383. The molecule has 0 bridgehead atoms. The molecule has 0 radical (unpaired) electrons. The predicted octanol–water partition coefficient (Wildman–Crippen LogP) is 6.82. The Hall–Kier alpha value is -0.860. The monoisotopic (exact) mass is 336 g/mol. The largest absolute Gasteiger partial charge is 0.237 e. The highest BCUT2D eigenvalue weighted by Gasteiger charge is 2.23. The first-order valence-electron chi connectivity index (χ1n) is 9.49. The predicted molar refractivity (Wildman–Crippen MR) is 106 cm³/mol. The van der Waals surface area contributed by atoms with Crippen LogP contribution < -0.4 is 0 Å².